The summed E-state index contributed by atoms with van der Waals surface area (Å²) in [5, 5.41) is 6.90. The number of hydrogen-bond acceptors (Lipinski definition) is 5. The molecule has 1 N–H and O–H groups in total. The minimum absolute atomic E-state index is 0.0131. The zero-order chi connectivity index (χ0) is 19.0. The summed E-state index contributed by atoms with van der Waals surface area (Å²) in [6.07, 6.45) is 3.51. The number of aryl methyl sites for hydroxylation is 1. The number of carbonyl (C=O) groups is 1. The van der Waals surface area contributed by atoms with E-state index in [1.165, 1.54) is 18.3 Å². The van der Waals surface area contributed by atoms with Gasteiger partial charge in [-0.2, -0.15) is 4.98 Å². The molecule has 1 saturated carbocycles. The van der Waals surface area contributed by atoms with E-state index in [9.17, 15) is 9.18 Å². The van der Waals surface area contributed by atoms with Crippen LogP contribution >= 0.6 is 11.6 Å². The Morgan fingerprint density at radius 1 is 1.37 bits per heavy atom. The standard InChI is InChI=1S/C19H16ClFN4O2/c1-10-23-18(25-27-10)16(11-4-5-11)24-19(26)17-13(3-2-8-22-17)12-6-7-15(21)14(20)9-12/h2-3,6-9,11,16H,4-5H2,1H3,(H,24,26). The fraction of sp³-hybridized carbons (Fsp3) is 0.263. The SMILES string of the molecule is Cc1nc(C(NC(=O)c2ncccc2-c2ccc(F)c(Cl)c2)C2CC2)no1. The number of halogens is 2. The molecular weight excluding hydrogens is 371 g/mol. The van der Waals surface area contributed by atoms with Crippen LogP contribution in [0.2, 0.25) is 5.02 Å². The monoisotopic (exact) mass is 386 g/mol. The highest BCUT2D eigenvalue weighted by molar-refractivity contribution is 6.31. The Labute approximate surface area is 159 Å². The molecule has 2 heterocycles. The Balaban J connectivity index is 1.65. The van der Waals surface area contributed by atoms with Crippen LogP contribution in [0.25, 0.3) is 11.1 Å². The molecule has 1 aliphatic carbocycles. The number of carbonyl (C=O) groups excluding carboxylic acids is 1. The number of rotatable bonds is 5. The molecule has 138 valence electrons. The zero-order valence-corrected chi connectivity index (χ0v) is 15.2. The summed E-state index contributed by atoms with van der Waals surface area (Å²) in [7, 11) is 0. The Morgan fingerprint density at radius 3 is 2.85 bits per heavy atom. The molecule has 1 atom stereocenters. The van der Waals surface area contributed by atoms with E-state index >= 15 is 0 Å². The van der Waals surface area contributed by atoms with Crippen LogP contribution in [0.15, 0.2) is 41.1 Å². The molecule has 0 bridgehead atoms. The minimum Gasteiger partial charge on any atom is -0.340 e. The Morgan fingerprint density at radius 2 is 2.19 bits per heavy atom. The molecule has 1 fully saturated rings. The highest BCUT2D eigenvalue weighted by atomic mass is 35.5. The summed E-state index contributed by atoms with van der Waals surface area (Å²) in [6.45, 7) is 1.71. The molecule has 0 saturated heterocycles. The van der Waals surface area contributed by atoms with Crippen LogP contribution < -0.4 is 5.32 Å². The molecule has 0 aliphatic heterocycles. The van der Waals surface area contributed by atoms with E-state index in [1.807, 2.05) is 0 Å². The van der Waals surface area contributed by atoms with Gasteiger partial charge < -0.3 is 9.84 Å². The summed E-state index contributed by atoms with van der Waals surface area (Å²) in [4.78, 5) is 21.4. The lowest BCUT2D eigenvalue weighted by molar-refractivity contribution is 0.0924. The first kappa shape index (κ1) is 17.6. The second-order valence-corrected chi connectivity index (χ2v) is 6.90. The molecule has 3 aromatic rings. The van der Waals surface area contributed by atoms with Gasteiger partial charge in [-0.15, -0.1) is 0 Å². The molecule has 4 rings (SSSR count). The Hall–Kier alpha value is -2.80. The number of benzene rings is 1. The van der Waals surface area contributed by atoms with Crippen molar-refractivity contribution in [3.05, 3.63) is 64.8 Å². The normalized spacial score (nSPS) is 14.8. The van der Waals surface area contributed by atoms with Crippen molar-refractivity contribution >= 4 is 17.5 Å². The summed E-state index contributed by atoms with van der Waals surface area (Å²) in [6, 6.07) is 7.44. The Kier molecular flexibility index (Phi) is 4.61. The smallest absolute Gasteiger partial charge is 0.271 e. The first-order valence-corrected chi connectivity index (χ1v) is 8.92. The van der Waals surface area contributed by atoms with Gasteiger partial charge in [-0.3, -0.25) is 9.78 Å². The summed E-state index contributed by atoms with van der Waals surface area (Å²) in [5.74, 6) is 0.315. The topological polar surface area (TPSA) is 80.9 Å². The molecular formula is C19H16ClFN4O2. The molecule has 1 aromatic carbocycles. The van der Waals surface area contributed by atoms with Crippen LogP contribution in [-0.4, -0.2) is 21.0 Å². The number of nitrogens with one attached hydrogen (secondary N) is 1. The van der Waals surface area contributed by atoms with Crippen molar-refractivity contribution < 1.29 is 13.7 Å². The summed E-state index contributed by atoms with van der Waals surface area (Å²) in [5.41, 5.74) is 1.40. The fourth-order valence-corrected chi connectivity index (χ4v) is 3.14. The van der Waals surface area contributed by atoms with Crippen molar-refractivity contribution in [2.75, 3.05) is 0 Å². The van der Waals surface area contributed by atoms with Crippen molar-refractivity contribution in [3.8, 4) is 11.1 Å². The predicted octanol–water partition coefficient (Wildman–Crippen LogP) is 4.11. The van der Waals surface area contributed by atoms with Crippen LogP contribution in [0.1, 0.15) is 41.1 Å². The molecule has 1 amide bonds. The van der Waals surface area contributed by atoms with E-state index in [-0.39, 0.29) is 28.6 Å². The lowest BCUT2D eigenvalue weighted by Crippen LogP contribution is -2.31. The largest absolute Gasteiger partial charge is 0.340 e. The Bertz CT molecular complexity index is 1000. The van der Waals surface area contributed by atoms with E-state index < -0.39 is 5.82 Å². The number of pyridine rings is 1. The van der Waals surface area contributed by atoms with Gasteiger partial charge in [-0.1, -0.05) is 28.9 Å². The van der Waals surface area contributed by atoms with Crippen molar-refractivity contribution in [2.45, 2.75) is 25.8 Å². The van der Waals surface area contributed by atoms with Crippen molar-refractivity contribution in [2.24, 2.45) is 5.92 Å². The van der Waals surface area contributed by atoms with Crippen LogP contribution in [0.3, 0.4) is 0 Å². The zero-order valence-electron chi connectivity index (χ0n) is 14.4. The average molecular weight is 387 g/mol. The molecule has 6 nitrogen and oxygen atoms in total. The van der Waals surface area contributed by atoms with Gasteiger partial charge >= 0.3 is 0 Å². The fourth-order valence-electron chi connectivity index (χ4n) is 2.96. The third-order valence-corrected chi connectivity index (χ3v) is 4.74. The third-order valence-electron chi connectivity index (χ3n) is 4.45. The average Bonchev–Trinajstić information content (AvgIpc) is 3.42. The van der Waals surface area contributed by atoms with E-state index in [1.54, 1.807) is 25.1 Å². The lowest BCUT2D eigenvalue weighted by atomic mass is 10.0. The molecule has 0 spiro atoms. The number of nitrogens with zero attached hydrogens (tertiary/aromatic N) is 3. The maximum Gasteiger partial charge on any atom is 0.271 e. The second kappa shape index (κ2) is 7.08. The van der Waals surface area contributed by atoms with Crippen LogP contribution in [0.4, 0.5) is 4.39 Å². The first-order valence-electron chi connectivity index (χ1n) is 8.54. The van der Waals surface area contributed by atoms with Gasteiger partial charge in [0.15, 0.2) is 5.82 Å². The molecule has 0 radical (unpaired) electrons. The maximum absolute atomic E-state index is 13.5. The highest BCUT2D eigenvalue weighted by Crippen LogP contribution is 2.40. The minimum atomic E-state index is -0.517. The molecule has 1 aliphatic rings. The second-order valence-electron chi connectivity index (χ2n) is 6.49. The van der Waals surface area contributed by atoms with Crippen LogP contribution in [-0.2, 0) is 0 Å². The number of amides is 1. The van der Waals surface area contributed by atoms with E-state index in [0.29, 0.717) is 22.8 Å². The van der Waals surface area contributed by atoms with Gasteiger partial charge in [0.05, 0.1) is 11.1 Å². The maximum atomic E-state index is 13.5. The van der Waals surface area contributed by atoms with E-state index in [2.05, 4.69) is 20.4 Å². The molecule has 2 aromatic heterocycles. The highest BCUT2D eigenvalue weighted by Gasteiger charge is 2.37. The van der Waals surface area contributed by atoms with Crippen molar-refractivity contribution in [1.29, 1.82) is 0 Å². The van der Waals surface area contributed by atoms with Gasteiger partial charge in [-0.05, 0) is 42.5 Å². The quantitative estimate of drug-likeness (QED) is 0.713. The molecule has 1 unspecified atom stereocenters. The van der Waals surface area contributed by atoms with E-state index in [4.69, 9.17) is 16.1 Å². The van der Waals surface area contributed by atoms with E-state index in [0.717, 1.165) is 12.8 Å². The van der Waals surface area contributed by atoms with Gasteiger partial charge in [0, 0.05) is 18.7 Å². The van der Waals surface area contributed by atoms with Gasteiger partial charge in [0.25, 0.3) is 5.91 Å². The van der Waals surface area contributed by atoms with Gasteiger partial charge in [0.1, 0.15) is 11.5 Å². The molecule has 8 heteroatoms. The van der Waals surface area contributed by atoms with Crippen molar-refractivity contribution in [3.63, 3.8) is 0 Å². The number of hydrogen-bond donors (Lipinski definition) is 1. The van der Waals surface area contributed by atoms with Crippen molar-refractivity contribution in [1.82, 2.24) is 20.4 Å². The lowest BCUT2D eigenvalue weighted by Gasteiger charge is -2.16. The third kappa shape index (κ3) is 3.68. The first-order chi connectivity index (χ1) is 13.0. The summed E-state index contributed by atoms with van der Waals surface area (Å²) >= 11 is 5.89. The van der Waals surface area contributed by atoms with Gasteiger partial charge in [0.2, 0.25) is 5.89 Å². The van der Waals surface area contributed by atoms with Gasteiger partial charge in [-0.25, -0.2) is 4.39 Å². The molecule has 27 heavy (non-hydrogen) atoms. The van der Waals surface area contributed by atoms with Crippen LogP contribution in [0, 0.1) is 18.7 Å². The summed E-state index contributed by atoms with van der Waals surface area (Å²) < 4.78 is 18.5. The number of aromatic nitrogens is 3. The van der Waals surface area contributed by atoms with Crippen LogP contribution in [0.5, 0.6) is 0 Å². The predicted molar refractivity (Wildman–Crippen MR) is 96.6 cm³/mol.